The molecule has 0 aliphatic carbocycles. The molecule has 0 aliphatic heterocycles. The fourth-order valence-corrected chi connectivity index (χ4v) is 4.51. The van der Waals surface area contributed by atoms with Crippen LogP contribution in [0.25, 0.3) is 0 Å². The van der Waals surface area contributed by atoms with Gasteiger partial charge in [-0.1, -0.05) is 36.2 Å². The lowest BCUT2D eigenvalue weighted by molar-refractivity contribution is -0.120. The van der Waals surface area contributed by atoms with Gasteiger partial charge in [0.25, 0.3) is 0 Å². The van der Waals surface area contributed by atoms with E-state index in [2.05, 4.69) is 5.32 Å². The van der Waals surface area contributed by atoms with E-state index in [4.69, 9.17) is 23.2 Å². The van der Waals surface area contributed by atoms with Crippen LogP contribution in [0.3, 0.4) is 0 Å². The van der Waals surface area contributed by atoms with Gasteiger partial charge >= 0.3 is 0 Å². The second-order valence-electron chi connectivity index (χ2n) is 5.51. The molecule has 1 unspecified atom stereocenters. The Hall–Kier alpha value is -0.880. The van der Waals surface area contributed by atoms with Gasteiger partial charge in [0.15, 0.2) is 0 Å². The zero-order valence-corrected chi connectivity index (χ0v) is 17.5. The number of carbonyl (C=O) groups is 1. The van der Waals surface area contributed by atoms with Crippen molar-refractivity contribution >= 4 is 52.6 Å². The summed E-state index contributed by atoms with van der Waals surface area (Å²) in [5.41, 5.74) is 0.509. The predicted octanol–water partition coefficient (Wildman–Crippen LogP) is 6.05. The number of nitrogens with one attached hydrogen (secondary N) is 1. The van der Waals surface area contributed by atoms with Gasteiger partial charge in [0.1, 0.15) is 5.82 Å². The average molecular weight is 432 g/mol. The highest BCUT2D eigenvalue weighted by molar-refractivity contribution is 8.00. The highest BCUT2D eigenvalue weighted by atomic mass is 35.5. The molecule has 2 aromatic carbocycles. The summed E-state index contributed by atoms with van der Waals surface area (Å²) >= 11 is 15.0. The van der Waals surface area contributed by atoms with E-state index in [1.165, 1.54) is 17.8 Å². The molecule has 0 aromatic heterocycles. The molecule has 0 spiro atoms. The van der Waals surface area contributed by atoms with Gasteiger partial charge in [-0.05, 0) is 42.8 Å². The Balaban J connectivity index is 1.73. The maximum absolute atomic E-state index is 13.7. The maximum atomic E-state index is 13.7. The monoisotopic (exact) mass is 431 g/mol. The highest BCUT2D eigenvalue weighted by Crippen LogP contribution is 2.27. The van der Waals surface area contributed by atoms with Crippen LogP contribution in [-0.4, -0.2) is 23.5 Å². The van der Waals surface area contributed by atoms with E-state index in [1.54, 1.807) is 23.9 Å². The van der Waals surface area contributed by atoms with Crippen LogP contribution in [-0.2, 0) is 10.5 Å². The van der Waals surface area contributed by atoms with Crippen LogP contribution < -0.4 is 5.32 Å². The number of rotatable bonds is 9. The maximum Gasteiger partial charge on any atom is 0.233 e. The fraction of sp³-hybridized carbons (Fsp3) is 0.316. The standard InChI is InChI=1S/C19H20Cl2FNOS2/c1-2-18(26-14-8-6-13(20)7-9-14)19(24)23-10-11-25-12-15-16(21)4-3-5-17(15)22/h3-9,18H,2,10-12H2,1H3,(H,23,24). The van der Waals surface area contributed by atoms with Gasteiger partial charge in [0, 0.05) is 38.6 Å². The lowest BCUT2D eigenvalue weighted by Gasteiger charge is -2.15. The number of carbonyl (C=O) groups excluding carboxylic acids is 1. The van der Waals surface area contributed by atoms with Gasteiger partial charge in [-0.25, -0.2) is 4.39 Å². The molecule has 0 radical (unpaired) electrons. The molecule has 0 fully saturated rings. The molecular weight excluding hydrogens is 412 g/mol. The molecular formula is C19H20Cl2FNOS2. The van der Waals surface area contributed by atoms with Crippen LogP contribution in [0.2, 0.25) is 10.0 Å². The van der Waals surface area contributed by atoms with Crippen LogP contribution in [0, 0.1) is 5.82 Å². The zero-order chi connectivity index (χ0) is 18.9. The third-order valence-electron chi connectivity index (χ3n) is 3.61. The van der Waals surface area contributed by atoms with Gasteiger partial charge in [-0.3, -0.25) is 4.79 Å². The molecule has 140 valence electrons. The molecule has 2 nitrogen and oxygen atoms in total. The predicted molar refractivity (Wildman–Crippen MR) is 112 cm³/mol. The smallest absolute Gasteiger partial charge is 0.233 e. The summed E-state index contributed by atoms with van der Waals surface area (Å²) in [7, 11) is 0. The first-order valence-corrected chi connectivity index (χ1v) is 11.0. The van der Waals surface area contributed by atoms with Crippen molar-refractivity contribution in [2.75, 3.05) is 12.3 Å². The molecule has 7 heteroatoms. The van der Waals surface area contributed by atoms with Crippen LogP contribution >= 0.6 is 46.7 Å². The summed E-state index contributed by atoms with van der Waals surface area (Å²) in [6, 6.07) is 12.1. The van der Waals surface area contributed by atoms with E-state index in [1.807, 2.05) is 31.2 Å². The fourth-order valence-electron chi connectivity index (χ4n) is 2.20. The van der Waals surface area contributed by atoms with E-state index in [-0.39, 0.29) is 17.0 Å². The normalized spacial score (nSPS) is 12.0. The Labute approximate surface area is 172 Å². The van der Waals surface area contributed by atoms with Crippen molar-refractivity contribution in [3.05, 3.63) is 63.9 Å². The minimum absolute atomic E-state index is 0.0111. The molecule has 1 atom stereocenters. The van der Waals surface area contributed by atoms with Gasteiger partial charge in [-0.2, -0.15) is 11.8 Å². The van der Waals surface area contributed by atoms with Gasteiger partial charge < -0.3 is 5.32 Å². The van der Waals surface area contributed by atoms with Crippen LogP contribution in [0.1, 0.15) is 18.9 Å². The second kappa shape index (κ2) is 11.1. The first-order chi connectivity index (χ1) is 12.5. The molecule has 0 bridgehead atoms. The van der Waals surface area contributed by atoms with E-state index >= 15 is 0 Å². The quantitative estimate of drug-likeness (QED) is 0.386. The average Bonchev–Trinajstić information content (AvgIpc) is 2.63. The summed E-state index contributed by atoms with van der Waals surface area (Å²) < 4.78 is 13.7. The number of hydrogen-bond donors (Lipinski definition) is 1. The Morgan fingerprint density at radius 2 is 1.92 bits per heavy atom. The van der Waals surface area contributed by atoms with Gasteiger partial charge in [0.05, 0.1) is 5.25 Å². The van der Waals surface area contributed by atoms with Crippen LogP contribution in [0.15, 0.2) is 47.4 Å². The second-order valence-corrected chi connectivity index (χ2v) is 8.74. The summed E-state index contributed by atoms with van der Waals surface area (Å²) in [6.07, 6.45) is 0.733. The topological polar surface area (TPSA) is 29.1 Å². The number of halogens is 3. The summed E-state index contributed by atoms with van der Waals surface area (Å²) in [4.78, 5) is 13.4. The number of amides is 1. The molecule has 26 heavy (non-hydrogen) atoms. The molecule has 0 saturated heterocycles. The van der Waals surface area contributed by atoms with Crippen molar-refractivity contribution in [2.45, 2.75) is 29.2 Å². The number of benzene rings is 2. The van der Waals surface area contributed by atoms with Crippen molar-refractivity contribution in [1.29, 1.82) is 0 Å². The minimum atomic E-state index is -0.292. The number of thioether (sulfide) groups is 2. The third kappa shape index (κ3) is 6.69. The molecule has 0 heterocycles. The number of hydrogen-bond acceptors (Lipinski definition) is 3. The lowest BCUT2D eigenvalue weighted by Crippen LogP contribution is -2.33. The van der Waals surface area contributed by atoms with Crippen LogP contribution in [0.5, 0.6) is 0 Å². The largest absolute Gasteiger partial charge is 0.354 e. The highest BCUT2D eigenvalue weighted by Gasteiger charge is 2.17. The third-order valence-corrected chi connectivity index (χ3v) is 6.58. The van der Waals surface area contributed by atoms with Crippen molar-refractivity contribution in [1.82, 2.24) is 5.32 Å². The Bertz CT molecular complexity index is 708. The molecule has 0 aliphatic rings. The van der Waals surface area contributed by atoms with Crippen molar-refractivity contribution < 1.29 is 9.18 Å². The Kier molecular flexibility index (Phi) is 9.12. The van der Waals surface area contributed by atoms with Crippen molar-refractivity contribution in [3.8, 4) is 0 Å². The van der Waals surface area contributed by atoms with E-state index in [9.17, 15) is 9.18 Å². The summed E-state index contributed by atoms with van der Waals surface area (Å²) in [6.45, 7) is 2.52. The lowest BCUT2D eigenvalue weighted by atomic mass is 10.2. The molecule has 1 amide bonds. The van der Waals surface area contributed by atoms with E-state index in [0.717, 1.165) is 11.3 Å². The van der Waals surface area contributed by atoms with Crippen molar-refractivity contribution in [3.63, 3.8) is 0 Å². The molecule has 2 aromatic rings. The van der Waals surface area contributed by atoms with Crippen LogP contribution in [0.4, 0.5) is 4.39 Å². The van der Waals surface area contributed by atoms with Gasteiger partial charge in [-0.15, -0.1) is 11.8 Å². The van der Waals surface area contributed by atoms with Gasteiger partial charge in [0.2, 0.25) is 5.91 Å². The minimum Gasteiger partial charge on any atom is -0.354 e. The summed E-state index contributed by atoms with van der Waals surface area (Å²) in [5, 5.41) is 3.91. The Morgan fingerprint density at radius 3 is 2.58 bits per heavy atom. The molecule has 2 rings (SSSR count). The first-order valence-electron chi connectivity index (χ1n) is 8.21. The van der Waals surface area contributed by atoms with E-state index < -0.39 is 0 Å². The Morgan fingerprint density at radius 1 is 1.19 bits per heavy atom. The SMILES string of the molecule is CCC(Sc1ccc(Cl)cc1)C(=O)NCCSCc1c(F)cccc1Cl. The zero-order valence-electron chi connectivity index (χ0n) is 14.3. The summed E-state index contributed by atoms with van der Waals surface area (Å²) in [5.74, 6) is 0.896. The van der Waals surface area contributed by atoms with E-state index in [0.29, 0.717) is 33.7 Å². The van der Waals surface area contributed by atoms with Crippen molar-refractivity contribution in [2.24, 2.45) is 0 Å². The first kappa shape index (κ1) is 21.4. The molecule has 0 saturated carbocycles. The molecule has 1 N–H and O–H groups in total.